The van der Waals surface area contributed by atoms with Gasteiger partial charge in [-0.05, 0) is 42.0 Å². The smallest absolute Gasteiger partial charge is 0.265 e. The fourth-order valence-corrected chi connectivity index (χ4v) is 3.53. The summed E-state index contributed by atoms with van der Waals surface area (Å²) in [4.78, 5) is 16.0. The van der Waals surface area contributed by atoms with Crippen molar-refractivity contribution in [1.82, 2.24) is 9.71 Å². The number of halogens is 2. The van der Waals surface area contributed by atoms with Crippen LogP contribution in [0, 0.1) is 0 Å². The normalized spacial score (nSPS) is 11.4. The molecule has 1 heterocycles. The first-order valence-corrected chi connectivity index (χ1v) is 9.43. The number of hydrogen-bond donors (Lipinski definition) is 1. The fraction of sp³-hybridized carbons (Fsp3) is 0.0588. The van der Waals surface area contributed by atoms with Gasteiger partial charge in [0.1, 0.15) is 4.90 Å². The zero-order valence-corrected chi connectivity index (χ0v) is 15.1. The Morgan fingerprint density at radius 3 is 2.40 bits per heavy atom. The summed E-state index contributed by atoms with van der Waals surface area (Å²) in [6, 6.07) is 13.0. The van der Waals surface area contributed by atoms with Crippen LogP contribution in [0.1, 0.15) is 5.56 Å². The summed E-state index contributed by atoms with van der Waals surface area (Å²) in [6.07, 6.45) is 1.12. The van der Waals surface area contributed by atoms with Gasteiger partial charge in [-0.1, -0.05) is 35.3 Å². The number of fused-ring (bicyclic) bond motifs is 1. The van der Waals surface area contributed by atoms with Crippen molar-refractivity contribution in [2.45, 2.75) is 11.3 Å². The number of nitrogens with zero attached hydrogens (tertiary/aromatic N) is 1. The Kier molecular flexibility index (Phi) is 4.94. The molecule has 0 saturated carbocycles. The van der Waals surface area contributed by atoms with Gasteiger partial charge in [0.2, 0.25) is 5.91 Å². The Morgan fingerprint density at radius 1 is 1.00 bits per heavy atom. The van der Waals surface area contributed by atoms with E-state index in [1.165, 1.54) is 12.3 Å². The van der Waals surface area contributed by atoms with E-state index >= 15 is 0 Å². The van der Waals surface area contributed by atoms with E-state index in [2.05, 4.69) is 4.98 Å². The van der Waals surface area contributed by atoms with E-state index in [-0.39, 0.29) is 11.3 Å². The topological polar surface area (TPSA) is 76.1 Å². The quantitative estimate of drug-likeness (QED) is 0.733. The number of aromatic nitrogens is 1. The van der Waals surface area contributed by atoms with Crippen LogP contribution < -0.4 is 4.72 Å². The Labute approximate surface area is 154 Å². The predicted molar refractivity (Wildman–Crippen MR) is 97.2 cm³/mol. The molecule has 25 heavy (non-hydrogen) atoms. The first-order chi connectivity index (χ1) is 11.8. The van der Waals surface area contributed by atoms with Crippen LogP contribution in [0.3, 0.4) is 0 Å². The molecule has 0 aliphatic rings. The first kappa shape index (κ1) is 17.7. The van der Waals surface area contributed by atoms with Crippen LogP contribution in [0.15, 0.2) is 59.6 Å². The fourth-order valence-electron chi connectivity index (χ4n) is 2.26. The highest BCUT2D eigenvalue weighted by molar-refractivity contribution is 7.90. The molecule has 0 atom stereocenters. The number of pyridine rings is 1. The maximum Gasteiger partial charge on any atom is 0.265 e. The highest BCUT2D eigenvalue weighted by atomic mass is 35.5. The molecule has 2 aromatic carbocycles. The van der Waals surface area contributed by atoms with E-state index in [4.69, 9.17) is 23.2 Å². The summed E-state index contributed by atoms with van der Waals surface area (Å²) < 4.78 is 26.8. The molecule has 3 aromatic rings. The summed E-state index contributed by atoms with van der Waals surface area (Å²) in [7, 11) is -4.02. The predicted octanol–water partition coefficient (Wildman–Crippen LogP) is 3.59. The molecular formula is C17H12Cl2N2O3S. The molecule has 3 rings (SSSR count). The monoisotopic (exact) mass is 394 g/mol. The molecule has 0 spiro atoms. The van der Waals surface area contributed by atoms with Crippen LogP contribution in [-0.4, -0.2) is 19.3 Å². The van der Waals surface area contributed by atoms with E-state index in [0.717, 1.165) is 0 Å². The molecule has 1 amide bonds. The van der Waals surface area contributed by atoms with E-state index in [9.17, 15) is 13.2 Å². The summed E-state index contributed by atoms with van der Waals surface area (Å²) in [5.74, 6) is -0.645. The first-order valence-electron chi connectivity index (χ1n) is 7.19. The van der Waals surface area contributed by atoms with Gasteiger partial charge in [-0.3, -0.25) is 9.78 Å². The lowest BCUT2D eigenvalue weighted by Gasteiger charge is -2.08. The van der Waals surface area contributed by atoms with E-state index in [1.807, 2.05) is 4.72 Å². The van der Waals surface area contributed by atoms with Gasteiger partial charge in [-0.15, -0.1) is 0 Å². The van der Waals surface area contributed by atoms with Crippen molar-refractivity contribution in [2.75, 3.05) is 0 Å². The van der Waals surface area contributed by atoms with Crippen molar-refractivity contribution in [2.24, 2.45) is 0 Å². The van der Waals surface area contributed by atoms with E-state index in [1.54, 1.807) is 42.5 Å². The van der Waals surface area contributed by atoms with Crippen LogP contribution in [0.2, 0.25) is 10.0 Å². The largest absolute Gasteiger partial charge is 0.274 e. The number of sulfonamides is 1. The van der Waals surface area contributed by atoms with Gasteiger partial charge in [0.15, 0.2) is 0 Å². The van der Waals surface area contributed by atoms with Crippen molar-refractivity contribution in [3.63, 3.8) is 0 Å². The molecule has 5 nitrogen and oxygen atoms in total. The second-order valence-corrected chi connectivity index (χ2v) is 7.90. The number of amides is 1. The van der Waals surface area contributed by atoms with Gasteiger partial charge in [0, 0.05) is 21.6 Å². The minimum absolute atomic E-state index is 0.0801. The Bertz CT molecular complexity index is 1050. The van der Waals surface area contributed by atoms with Gasteiger partial charge in [-0.25, -0.2) is 13.1 Å². The van der Waals surface area contributed by atoms with Crippen molar-refractivity contribution in [1.29, 1.82) is 0 Å². The summed E-state index contributed by atoms with van der Waals surface area (Å²) in [5, 5.41) is 1.58. The average Bonchev–Trinajstić information content (AvgIpc) is 2.55. The van der Waals surface area contributed by atoms with Gasteiger partial charge in [-0.2, -0.15) is 0 Å². The molecule has 0 fully saturated rings. The number of nitrogens with one attached hydrogen (secondary N) is 1. The van der Waals surface area contributed by atoms with Gasteiger partial charge < -0.3 is 0 Å². The zero-order chi connectivity index (χ0) is 18.0. The molecule has 8 heteroatoms. The third kappa shape index (κ3) is 4.28. The van der Waals surface area contributed by atoms with Gasteiger partial charge in [0.05, 0.1) is 11.9 Å². The molecule has 0 aliphatic carbocycles. The number of rotatable bonds is 4. The lowest BCUT2D eigenvalue weighted by atomic mass is 10.1. The molecular weight excluding hydrogens is 383 g/mol. The number of hydrogen-bond acceptors (Lipinski definition) is 4. The highest BCUT2D eigenvalue weighted by Crippen LogP contribution is 2.20. The van der Waals surface area contributed by atoms with Gasteiger partial charge in [0.25, 0.3) is 10.0 Å². The molecule has 0 radical (unpaired) electrons. The number of carbonyl (C=O) groups is 1. The minimum Gasteiger partial charge on any atom is -0.274 e. The summed E-state index contributed by atoms with van der Waals surface area (Å²) in [6.45, 7) is 0. The molecule has 0 saturated heterocycles. The van der Waals surface area contributed by atoms with Crippen LogP contribution in [0.4, 0.5) is 0 Å². The Balaban J connectivity index is 1.81. The van der Waals surface area contributed by atoms with Crippen LogP contribution in [0.25, 0.3) is 10.9 Å². The van der Waals surface area contributed by atoms with Crippen LogP contribution in [-0.2, 0) is 21.2 Å². The molecule has 0 aliphatic heterocycles. The van der Waals surface area contributed by atoms with Crippen LogP contribution in [0.5, 0.6) is 0 Å². The van der Waals surface area contributed by atoms with Crippen molar-refractivity contribution in [3.05, 3.63) is 70.3 Å². The van der Waals surface area contributed by atoms with E-state index < -0.39 is 15.9 Å². The second kappa shape index (κ2) is 7.00. The van der Waals surface area contributed by atoms with Gasteiger partial charge >= 0.3 is 0 Å². The average molecular weight is 395 g/mol. The molecule has 128 valence electrons. The summed E-state index contributed by atoms with van der Waals surface area (Å²) >= 11 is 11.7. The SMILES string of the molecule is O=C(Cc1ccc(Cl)cc1)NS(=O)(=O)c1cnc2ccc(Cl)cc2c1. The summed E-state index contributed by atoms with van der Waals surface area (Å²) in [5.41, 5.74) is 1.26. The lowest BCUT2D eigenvalue weighted by Crippen LogP contribution is -2.31. The molecule has 0 bridgehead atoms. The number of carbonyl (C=O) groups excluding carboxylic acids is 1. The number of benzene rings is 2. The highest BCUT2D eigenvalue weighted by Gasteiger charge is 2.19. The second-order valence-electron chi connectivity index (χ2n) is 5.34. The van der Waals surface area contributed by atoms with Crippen molar-refractivity contribution < 1.29 is 13.2 Å². The molecule has 0 unspecified atom stereocenters. The third-order valence-electron chi connectivity index (χ3n) is 3.45. The maximum absolute atomic E-state index is 12.4. The van der Waals surface area contributed by atoms with Crippen LogP contribution >= 0.6 is 23.2 Å². The third-order valence-corrected chi connectivity index (χ3v) is 5.28. The van der Waals surface area contributed by atoms with E-state index in [0.29, 0.717) is 26.5 Å². The minimum atomic E-state index is -4.02. The molecule has 1 aromatic heterocycles. The van der Waals surface area contributed by atoms with Crippen molar-refractivity contribution in [3.8, 4) is 0 Å². The lowest BCUT2D eigenvalue weighted by molar-refractivity contribution is -0.118. The van der Waals surface area contributed by atoms with Crippen molar-refractivity contribution >= 4 is 50.0 Å². The standard InChI is InChI=1S/C17H12Cl2N2O3S/c18-13-3-1-11(2-4-13)7-17(22)21-25(23,24)15-9-12-8-14(19)5-6-16(12)20-10-15/h1-6,8-10H,7H2,(H,21,22). The molecule has 1 N–H and O–H groups in total. The Hall–Kier alpha value is -2.15. The maximum atomic E-state index is 12.4. The Morgan fingerprint density at radius 2 is 1.68 bits per heavy atom. The zero-order valence-electron chi connectivity index (χ0n) is 12.7.